The number of allylic oxidation sites excluding steroid dienone is 2. The van der Waals surface area contributed by atoms with Gasteiger partial charge in [-0.1, -0.05) is 146 Å². The van der Waals surface area contributed by atoms with Crippen LogP contribution in [0.25, 0.3) is 33.2 Å². The number of amides is 2. The molecule has 0 unspecified atom stereocenters. The molecule has 2 fully saturated rings. The summed E-state index contributed by atoms with van der Waals surface area (Å²) < 4.78 is 84.7. The summed E-state index contributed by atoms with van der Waals surface area (Å²) in [5.41, 5.74) is 15.6. The molecule has 8 aromatic carbocycles. The quantitative estimate of drug-likeness (QED) is 0.0341. The Bertz CT molecular complexity index is 6620. The van der Waals surface area contributed by atoms with Crippen molar-refractivity contribution in [2.45, 2.75) is 115 Å². The molecule has 4 aliphatic heterocycles. The van der Waals surface area contributed by atoms with E-state index in [2.05, 4.69) is 101 Å². The van der Waals surface area contributed by atoms with Crippen molar-refractivity contribution in [2.75, 3.05) is 88.5 Å². The molecule has 0 radical (unpaired) electrons. The van der Waals surface area contributed by atoms with Crippen molar-refractivity contribution in [3.8, 4) is 34.5 Å². The van der Waals surface area contributed by atoms with Crippen LogP contribution >= 0.6 is 23.2 Å². The molecule has 666 valence electrons. The Labute approximate surface area is 759 Å². The Kier molecular flexibility index (Phi) is 25.4. The van der Waals surface area contributed by atoms with Crippen LogP contribution in [0.4, 0.5) is 22.7 Å². The minimum Gasteiger partial charge on any atom is -0.493 e. The maximum atomic E-state index is 14.1. The van der Waals surface area contributed by atoms with Crippen LogP contribution in [0.2, 0.25) is 10.0 Å². The number of carbonyl (C=O) groups is 2. The van der Waals surface area contributed by atoms with E-state index in [0.717, 1.165) is 171 Å². The molecule has 4 aromatic heterocycles. The van der Waals surface area contributed by atoms with Gasteiger partial charge in [-0.05, 0) is 189 Å². The lowest BCUT2D eigenvalue weighted by Gasteiger charge is -2.39. The summed E-state index contributed by atoms with van der Waals surface area (Å²) in [6.45, 7) is 21.7. The highest BCUT2D eigenvalue weighted by molar-refractivity contribution is 7.90. The summed E-state index contributed by atoms with van der Waals surface area (Å²) in [5.74, 6) is -1.02. The van der Waals surface area contributed by atoms with Crippen molar-refractivity contribution in [3.63, 3.8) is 0 Å². The third-order valence-corrected chi connectivity index (χ3v) is 28.6. The highest BCUT2D eigenvalue weighted by Crippen LogP contribution is 2.48. The standard InChI is InChI=1S/C50H51ClN6O7S.C49H49ClN6O7S/c1-32-4-6-33(7-5-32)22-34-23-44-45(57(59)60)26-41(27-46(44)63-31-34)65(61,62)54-49(58)43-13-12-39(25-47(43)64-40-24-36-15-17-52-48(36)53-29-40)56-20-18-55(19-21-56)30-37-28-50(2,3)16-14-42(37)35-8-10-38(51)11-9-35;1-31-4-6-32(7-5-31)36-23-42-44(56(58)59)25-40(26-45(42)62-30-36)64(60,61)53-48(57)41-13-12-38(24-46(41)63-39-22-34-15-17-51-47(34)52-28-39)55-20-18-54(19-21-55)29-35-14-16-49(2,3)27-43(35)33-8-10-37(50)11-9-33/h4-13,15,17,24-27,29,34H,14,16,18-23,28,30-31H2,1-3H3,(H,52,53)(H,54,58);4-13,15,17,22,24-26,28,36H,14,16,18-21,23,27,29-30H2,1-3H3,(H,51,52)(H,53,57)/t34-;36-/m11/s1. The van der Waals surface area contributed by atoms with Crippen LogP contribution in [-0.2, 0) is 39.3 Å². The molecule has 4 N–H and O–H groups in total. The topological polar surface area (TPSA) is 320 Å². The van der Waals surface area contributed by atoms with Crippen LogP contribution in [0.3, 0.4) is 0 Å². The molecular formula is C99H100Cl2N12O14S2. The van der Waals surface area contributed by atoms with Crippen LogP contribution in [0.15, 0.2) is 228 Å². The number of hydrogen-bond donors (Lipinski definition) is 4. The van der Waals surface area contributed by atoms with Crippen LogP contribution in [0.5, 0.6) is 34.5 Å². The average Bonchev–Trinajstić information content (AvgIpc) is 1.69. The number of halogens is 2. The molecule has 129 heavy (non-hydrogen) atoms. The number of H-pyrrole nitrogens is 2. The molecule has 8 heterocycles. The van der Waals surface area contributed by atoms with E-state index in [1.807, 2.05) is 98.8 Å². The summed E-state index contributed by atoms with van der Waals surface area (Å²) in [4.78, 5) is 75.2. The minimum atomic E-state index is -4.64. The number of hydrogen-bond acceptors (Lipinski definition) is 20. The van der Waals surface area contributed by atoms with Crippen molar-refractivity contribution in [2.24, 2.45) is 16.7 Å². The molecule has 0 bridgehead atoms. The fourth-order valence-corrected chi connectivity index (χ4v) is 20.6. The normalized spacial score (nSPS) is 17.7. The van der Waals surface area contributed by atoms with E-state index >= 15 is 0 Å². The lowest BCUT2D eigenvalue weighted by atomic mass is 9.72. The Balaban J connectivity index is 0.000000181. The van der Waals surface area contributed by atoms with Gasteiger partial charge in [-0.3, -0.25) is 39.6 Å². The van der Waals surface area contributed by atoms with E-state index in [1.54, 1.807) is 60.9 Å². The summed E-state index contributed by atoms with van der Waals surface area (Å²) >= 11 is 12.5. The van der Waals surface area contributed by atoms with Crippen molar-refractivity contribution in [1.82, 2.24) is 39.2 Å². The Morgan fingerprint density at radius 1 is 0.527 bits per heavy atom. The molecule has 6 aliphatic rings. The van der Waals surface area contributed by atoms with Crippen molar-refractivity contribution in [1.29, 1.82) is 0 Å². The number of aromatic nitrogens is 4. The predicted molar refractivity (Wildman–Crippen MR) is 501 cm³/mol. The van der Waals surface area contributed by atoms with Gasteiger partial charge >= 0.3 is 0 Å². The zero-order valence-electron chi connectivity index (χ0n) is 72.5. The second-order valence-corrected chi connectivity index (χ2v) is 40.3. The van der Waals surface area contributed by atoms with Gasteiger partial charge in [0.25, 0.3) is 43.2 Å². The monoisotopic (exact) mass is 1810 g/mol. The summed E-state index contributed by atoms with van der Waals surface area (Å²) in [6.07, 6.45) is 14.2. The van der Waals surface area contributed by atoms with Crippen LogP contribution in [0.1, 0.15) is 137 Å². The number of anilines is 2. The number of nitro groups is 2. The van der Waals surface area contributed by atoms with Gasteiger partial charge in [0.1, 0.15) is 45.8 Å². The largest absolute Gasteiger partial charge is 0.493 e. The average molecular weight is 1820 g/mol. The summed E-state index contributed by atoms with van der Waals surface area (Å²) in [6, 6.07) is 54.1. The predicted octanol–water partition coefficient (Wildman–Crippen LogP) is 19.8. The number of fused-ring (bicyclic) bond motifs is 4. The number of nitrogens with one attached hydrogen (secondary N) is 4. The number of aryl methyl sites for hydroxylation is 2. The Morgan fingerprint density at radius 3 is 1.49 bits per heavy atom. The molecule has 12 aromatic rings. The van der Waals surface area contributed by atoms with E-state index in [9.17, 15) is 46.7 Å². The van der Waals surface area contributed by atoms with Gasteiger partial charge in [0, 0.05) is 158 Å². The highest BCUT2D eigenvalue weighted by Gasteiger charge is 2.38. The zero-order valence-corrected chi connectivity index (χ0v) is 75.6. The minimum absolute atomic E-state index is 0.0469. The second-order valence-electron chi connectivity index (χ2n) is 36.0. The highest BCUT2D eigenvalue weighted by atomic mass is 35.5. The maximum absolute atomic E-state index is 14.1. The van der Waals surface area contributed by atoms with Crippen molar-refractivity contribution >= 4 is 111 Å². The maximum Gasteiger partial charge on any atom is 0.277 e. The van der Waals surface area contributed by atoms with Crippen molar-refractivity contribution < 1.29 is 55.2 Å². The fraction of sp³-hybridized carbons (Fsp3) is 0.313. The third-order valence-electron chi connectivity index (χ3n) is 25.5. The molecule has 2 amide bonds. The lowest BCUT2D eigenvalue weighted by Crippen LogP contribution is -2.47. The number of benzene rings is 8. The first-order valence-electron chi connectivity index (χ1n) is 43.4. The van der Waals surface area contributed by atoms with E-state index in [-0.39, 0.29) is 82.1 Å². The molecule has 18 rings (SSSR count). The number of pyridine rings is 2. The SMILES string of the molecule is Cc1ccc(C[C@H]2COc3cc(S(=O)(=O)NC(=O)c4ccc(N5CCN(CC6=C(c7ccc(Cl)cc7)CCC(C)(C)C6)CC5)cc4Oc4cnc5[nH]ccc5c4)cc([N+](=O)[O-])c3C2)cc1.Cc1ccc([C@H]2COc3cc(S(=O)(=O)NC(=O)c4ccc(N5CCN(CC6=C(c7ccc(Cl)cc7)CC(C)(C)CC6)CC5)cc4Oc4cnc5[nH]ccc5c4)cc([N+](=O)[O-])c3C2)cc1. The molecule has 30 heteroatoms. The van der Waals surface area contributed by atoms with Crippen molar-refractivity contribution in [3.05, 3.63) is 304 Å². The van der Waals surface area contributed by atoms with Gasteiger partial charge in [0.2, 0.25) is 0 Å². The number of aromatic amines is 2. The van der Waals surface area contributed by atoms with Crippen LogP contribution < -0.4 is 38.2 Å². The zero-order chi connectivity index (χ0) is 90.2. The van der Waals surface area contributed by atoms with Crippen LogP contribution in [-0.4, -0.2) is 147 Å². The van der Waals surface area contributed by atoms with E-state index in [1.165, 1.54) is 57.9 Å². The second kappa shape index (κ2) is 37.0. The van der Waals surface area contributed by atoms with E-state index in [4.69, 9.17) is 42.1 Å². The van der Waals surface area contributed by atoms with Gasteiger partial charge in [-0.15, -0.1) is 0 Å². The van der Waals surface area contributed by atoms with E-state index < -0.39 is 57.2 Å². The molecule has 0 saturated carbocycles. The number of nitrogens with zero attached hydrogens (tertiary/aromatic N) is 8. The van der Waals surface area contributed by atoms with E-state index in [0.29, 0.717) is 46.8 Å². The fourth-order valence-electron chi connectivity index (χ4n) is 18.3. The molecule has 2 atom stereocenters. The molecule has 2 aliphatic carbocycles. The molecule has 26 nitrogen and oxygen atoms in total. The first-order valence-corrected chi connectivity index (χ1v) is 47.1. The first kappa shape index (κ1) is 88.6. The summed E-state index contributed by atoms with van der Waals surface area (Å²) in [7, 11) is -9.28. The Hall–Kier alpha value is -12.4. The van der Waals surface area contributed by atoms with Gasteiger partial charge in [-0.25, -0.2) is 36.2 Å². The molecular weight excluding hydrogens is 1720 g/mol. The number of carbonyl (C=O) groups excluding carboxylic acids is 2. The first-order chi connectivity index (χ1) is 61.8. The van der Waals surface area contributed by atoms with Gasteiger partial charge in [0.05, 0.1) is 67.5 Å². The van der Waals surface area contributed by atoms with Gasteiger partial charge in [0.15, 0.2) is 0 Å². The van der Waals surface area contributed by atoms with Gasteiger partial charge in [-0.2, -0.15) is 0 Å². The number of nitro benzene ring substituents is 2. The molecule has 2 saturated heterocycles. The molecule has 0 spiro atoms. The van der Waals surface area contributed by atoms with Crippen LogP contribution in [0, 0.1) is 50.8 Å². The number of ether oxygens (including phenoxy) is 4. The smallest absolute Gasteiger partial charge is 0.277 e. The van der Waals surface area contributed by atoms with Gasteiger partial charge < -0.3 is 38.7 Å². The number of piperazine rings is 2. The third kappa shape index (κ3) is 20.5. The Morgan fingerprint density at radius 2 is 0.984 bits per heavy atom. The lowest BCUT2D eigenvalue weighted by molar-refractivity contribution is -0.386. The number of sulfonamides is 2. The number of rotatable bonds is 23. The summed E-state index contributed by atoms with van der Waals surface area (Å²) in [5, 5.41) is 27.8.